The average molecular weight is 380 g/mol. The van der Waals surface area contributed by atoms with Crippen molar-refractivity contribution in [2.75, 3.05) is 14.3 Å². The molecule has 2 aliphatic carbocycles. The molecule has 0 heterocycles. The van der Waals surface area contributed by atoms with Crippen LogP contribution in [0.4, 0.5) is 0 Å². The molecule has 0 aliphatic heterocycles. The van der Waals surface area contributed by atoms with Gasteiger partial charge in [-0.2, -0.15) is 0 Å². The van der Waals surface area contributed by atoms with Gasteiger partial charge in [-0.15, -0.1) is 0 Å². The van der Waals surface area contributed by atoms with Crippen LogP contribution in [-0.2, 0) is 4.79 Å². The van der Waals surface area contributed by atoms with Crippen LogP contribution in [0.15, 0.2) is 0 Å². The van der Waals surface area contributed by atoms with Gasteiger partial charge in [0.2, 0.25) is 0 Å². The molecule has 2 fully saturated rings. The summed E-state index contributed by atoms with van der Waals surface area (Å²) in [6.45, 7) is 8.28. The number of carbonyl (C=O) groups is 1. The fourth-order valence-electron chi connectivity index (χ4n) is 3.54. The van der Waals surface area contributed by atoms with Crippen LogP contribution in [0, 0.1) is 5.41 Å². The van der Waals surface area contributed by atoms with E-state index in [0.29, 0.717) is 5.41 Å². The number of halogens is 1. The van der Waals surface area contributed by atoms with Crippen molar-refractivity contribution in [1.29, 1.82) is 0 Å². The van der Waals surface area contributed by atoms with Crippen molar-refractivity contribution in [1.82, 2.24) is 10.6 Å². The maximum atomic E-state index is 12.3. The van der Waals surface area contributed by atoms with Crippen LogP contribution in [0.3, 0.4) is 0 Å². The Bertz CT molecular complexity index is 377. The van der Waals surface area contributed by atoms with Crippen molar-refractivity contribution in [2.24, 2.45) is 5.41 Å². The first-order valence-corrected chi connectivity index (χ1v) is 13.0. The number of hydrogen-bond acceptors (Lipinski definition) is 2. The number of amides is 1. The van der Waals surface area contributed by atoms with E-state index in [4.69, 9.17) is 0 Å². The molecule has 3 atom stereocenters. The monoisotopic (exact) mass is 380 g/mol. The van der Waals surface area contributed by atoms with Gasteiger partial charge in [0.25, 0.3) is 0 Å². The van der Waals surface area contributed by atoms with Crippen LogP contribution in [0.1, 0.15) is 47.0 Å². The first-order valence-electron chi connectivity index (χ1n) is 7.15. The summed E-state index contributed by atoms with van der Waals surface area (Å²) in [6, 6.07) is -0.105. The summed E-state index contributed by atoms with van der Waals surface area (Å²) in [5.74, 6) is 0.184. The third kappa shape index (κ3) is 3.09. The van der Waals surface area contributed by atoms with E-state index in [-0.39, 0.29) is 23.0 Å². The van der Waals surface area contributed by atoms with Gasteiger partial charge in [-0.1, -0.05) is 0 Å². The molecule has 4 heteroatoms. The molecule has 0 saturated heterocycles. The Balaban J connectivity index is 1.88. The quantitative estimate of drug-likeness (QED) is 0.569. The molecule has 0 spiro atoms. The molecule has 2 N–H and O–H groups in total. The van der Waals surface area contributed by atoms with Crippen molar-refractivity contribution in [2.45, 2.75) is 64.1 Å². The molecule has 19 heavy (non-hydrogen) atoms. The minimum atomic E-state index is -0.697. The van der Waals surface area contributed by atoms with Gasteiger partial charge in [-0.25, -0.2) is 0 Å². The van der Waals surface area contributed by atoms with E-state index in [1.807, 2.05) is 6.92 Å². The Labute approximate surface area is 125 Å². The van der Waals surface area contributed by atoms with Gasteiger partial charge in [-0.05, 0) is 0 Å². The maximum absolute atomic E-state index is 12.3. The van der Waals surface area contributed by atoms with Crippen molar-refractivity contribution in [3.8, 4) is 0 Å². The van der Waals surface area contributed by atoms with E-state index in [0.717, 1.165) is 0 Å². The first-order chi connectivity index (χ1) is 8.59. The van der Waals surface area contributed by atoms with Gasteiger partial charge >= 0.3 is 125 Å². The van der Waals surface area contributed by atoms with Gasteiger partial charge in [0, 0.05) is 0 Å². The Hall–Kier alpha value is 0.160. The number of carbonyl (C=O) groups excluding carboxylic acids is 1. The molecule has 2 rings (SSSR count). The molecule has 0 aromatic rings. The average Bonchev–Trinajstić information content (AvgIpc) is 2.62. The van der Waals surface area contributed by atoms with E-state index in [1.165, 1.54) is 23.7 Å². The molecule has 2 unspecified atom stereocenters. The zero-order valence-corrected chi connectivity index (χ0v) is 15.3. The molecular formula is C15H29IN2O. The van der Waals surface area contributed by atoms with Gasteiger partial charge in [-0.3, -0.25) is 0 Å². The topological polar surface area (TPSA) is 41.1 Å². The minimum absolute atomic E-state index is 0.0135. The SMILES string of the molecule is C[C@@H](NC(C)(C)C)C(=O)NC12CCC1(CI(C)C)C2. The van der Waals surface area contributed by atoms with Crippen molar-refractivity contribution >= 4 is 25.7 Å². The molecule has 1 amide bonds. The fourth-order valence-corrected chi connectivity index (χ4v) is 7.84. The van der Waals surface area contributed by atoms with Crippen LogP contribution >= 0.6 is 19.8 Å². The second-order valence-corrected chi connectivity index (χ2v) is 13.7. The van der Waals surface area contributed by atoms with Crippen LogP contribution < -0.4 is 10.6 Å². The van der Waals surface area contributed by atoms with E-state index in [2.05, 4.69) is 41.3 Å². The zero-order chi connectivity index (χ0) is 14.5. The van der Waals surface area contributed by atoms with Crippen LogP contribution in [0.2, 0.25) is 0 Å². The summed E-state index contributed by atoms with van der Waals surface area (Å²) in [7, 11) is 0. The Morgan fingerprint density at radius 3 is 2.37 bits per heavy atom. The summed E-state index contributed by atoms with van der Waals surface area (Å²) >= 11 is -0.697. The molecule has 0 bridgehead atoms. The molecular weight excluding hydrogens is 351 g/mol. The summed E-state index contributed by atoms with van der Waals surface area (Å²) in [6.07, 6.45) is 3.78. The Morgan fingerprint density at radius 2 is 1.95 bits per heavy atom. The van der Waals surface area contributed by atoms with Crippen molar-refractivity contribution in [3.05, 3.63) is 0 Å². The van der Waals surface area contributed by atoms with Gasteiger partial charge < -0.3 is 0 Å². The third-order valence-corrected chi connectivity index (χ3v) is 7.47. The molecule has 0 aromatic heterocycles. The summed E-state index contributed by atoms with van der Waals surface area (Å²) in [5, 5.41) is 6.72. The van der Waals surface area contributed by atoms with Gasteiger partial charge in [0.1, 0.15) is 0 Å². The standard InChI is InChI=1S/C15H29IN2O/c1-11(17-13(2,3)4)12(19)18-15-8-7-14(15,9-15)10-16(5)6/h11,17H,7-10H2,1-6H3,(H,18,19)/t11-,14?,15?/m1/s1. The molecule has 2 aliphatic rings. The third-order valence-electron chi connectivity index (χ3n) is 4.49. The second kappa shape index (κ2) is 4.86. The molecule has 0 aromatic carbocycles. The van der Waals surface area contributed by atoms with Crippen molar-refractivity contribution in [3.63, 3.8) is 0 Å². The number of fused-ring (bicyclic) bond motifs is 1. The van der Waals surface area contributed by atoms with E-state index in [9.17, 15) is 4.79 Å². The van der Waals surface area contributed by atoms with Crippen LogP contribution in [-0.4, -0.2) is 37.3 Å². The molecule has 2 saturated carbocycles. The summed E-state index contributed by atoms with van der Waals surface area (Å²) < 4.78 is 1.41. The Kier molecular flexibility index (Phi) is 3.98. The van der Waals surface area contributed by atoms with Gasteiger partial charge in [0.15, 0.2) is 0 Å². The molecule has 0 radical (unpaired) electrons. The number of alkyl halides is 3. The van der Waals surface area contributed by atoms with Crippen LogP contribution in [0.5, 0.6) is 0 Å². The summed E-state index contributed by atoms with van der Waals surface area (Å²) in [4.78, 5) is 17.2. The molecule has 3 nitrogen and oxygen atoms in total. The number of rotatable bonds is 5. The Morgan fingerprint density at radius 1 is 1.32 bits per heavy atom. The second-order valence-electron chi connectivity index (χ2n) is 7.69. The first kappa shape index (κ1) is 15.5. The zero-order valence-electron chi connectivity index (χ0n) is 13.2. The van der Waals surface area contributed by atoms with Crippen LogP contribution in [0.25, 0.3) is 0 Å². The van der Waals surface area contributed by atoms with E-state index < -0.39 is 19.8 Å². The fraction of sp³-hybridized carbons (Fsp3) is 0.933. The number of nitrogens with one attached hydrogen (secondary N) is 2. The normalized spacial score (nSPS) is 34.9. The van der Waals surface area contributed by atoms with E-state index in [1.54, 1.807) is 0 Å². The van der Waals surface area contributed by atoms with E-state index >= 15 is 0 Å². The molecule has 112 valence electrons. The van der Waals surface area contributed by atoms with Crippen molar-refractivity contribution < 1.29 is 4.79 Å². The number of hydrogen-bond donors (Lipinski definition) is 2. The van der Waals surface area contributed by atoms with Gasteiger partial charge in [0.05, 0.1) is 0 Å². The predicted octanol–water partition coefficient (Wildman–Crippen LogP) is 2.57. The predicted molar refractivity (Wildman–Crippen MR) is 90.2 cm³/mol. The summed E-state index contributed by atoms with van der Waals surface area (Å²) in [5.41, 5.74) is 0.693.